The van der Waals surface area contributed by atoms with E-state index in [0.717, 1.165) is 11.9 Å². The Bertz CT molecular complexity index is 1100. The first kappa shape index (κ1) is 19.1. The first-order valence-corrected chi connectivity index (χ1v) is 9.91. The van der Waals surface area contributed by atoms with E-state index >= 15 is 0 Å². The number of amides is 2. The van der Waals surface area contributed by atoms with Crippen molar-refractivity contribution >= 4 is 28.2 Å². The lowest BCUT2D eigenvalue weighted by atomic mass is 10.1. The van der Waals surface area contributed by atoms with E-state index in [1.807, 2.05) is 23.1 Å². The van der Waals surface area contributed by atoms with Crippen LogP contribution in [-0.2, 0) is 7.05 Å². The summed E-state index contributed by atoms with van der Waals surface area (Å²) in [6.45, 7) is 6.29. The Hall–Kier alpha value is -3.28. The van der Waals surface area contributed by atoms with Gasteiger partial charge in [0.2, 0.25) is 0 Å². The van der Waals surface area contributed by atoms with Crippen molar-refractivity contribution in [3.05, 3.63) is 70.6 Å². The standard InChI is InChI=1S/C23H26N4O2/c1-16-8-10-18(11-9-16)27-13-12-26(14-17(27)2)23(29)24-21-15-25(3)22(28)20-7-5-4-6-19(20)21/h4-11,15,17H,12-14H2,1-3H3,(H,24,29)/t17-/m0/s1. The average molecular weight is 390 g/mol. The van der Waals surface area contributed by atoms with Gasteiger partial charge in [-0.15, -0.1) is 0 Å². The highest BCUT2D eigenvalue weighted by Crippen LogP contribution is 2.23. The van der Waals surface area contributed by atoms with Gasteiger partial charge in [-0.2, -0.15) is 0 Å². The average Bonchev–Trinajstić information content (AvgIpc) is 2.72. The first-order valence-electron chi connectivity index (χ1n) is 9.91. The molecule has 6 nitrogen and oxygen atoms in total. The number of nitrogens with zero attached hydrogens (tertiary/aromatic N) is 3. The fourth-order valence-corrected chi connectivity index (χ4v) is 3.97. The van der Waals surface area contributed by atoms with E-state index in [1.54, 1.807) is 19.3 Å². The van der Waals surface area contributed by atoms with Gasteiger partial charge >= 0.3 is 6.03 Å². The van der Waals surface area contributed by atoms with Gasteiger partial charge in [-0.05, 0) is 32.0 Å². The summed E-state index contributed by atoms with van der Waals surface area (Å²) in [7, 11) is 1.70. The number of urea groups is 1. The summed E-state index contributed by atoms with van der Waals surface area (Å²) in [5, 5.41) is 4.38. The number of nitrogens with one attached hydrogen (secondary N) is 1. The van der Waals surface area contributed by atoms with Crippen molar-refractivity contribution < 1.29 is 4.79 Å². The fourth-order valence-electron chi connectivity index (χ4n) is 3.97. The van der Waals surface area contributed by atoms with Gasteiger partial charge in [-0.3, -0.25) is 4.79 Å². The number of piperazine rings is 1. The lowest BCUT2D eigenvalue weighted by Gasteiger charge is -2.41. The molecule has 0 saturated carbocycles. The molecule has 6 heteroatoms. The molecular weight excluding hydrogens is 364 g/mol. The monoisotopic (exact) mass is 390 g/mol. The maximum atomic E-state index is 12.9. The van der Waals surface area contributed by atoms with Crippen LogP contribution < -0.4 is 15.8 Å². The number of aryl methyl sites for hydroxylation is 2. The van der Waals surface area contributed by atoms with Crippen molar-refractivity contribution in [2.75, 3.05) is 29.9 Å². The van der Waals surface area contributed by atoms with E-state index in [-0.39, 0.29) is 17.6 Å². The fraction of sp³-hybridized carbons (Fsp3) is 0.304. The number of rotatable bonds is 2. The van der Waals surface area contributed by atoms with Crippen LogP contribution in [0.4, 0.5) is 16.2 Å². The molecule has 0 bridgehead atoms. The molecule has 2 heterocycles. The number of anilines is 2. The van der Waals surface area contributed by atoms with Crippen LogP contribution >= 0.6 is 0 Å². The van der Waals surface area contributed by atoms with Crippen molar-refractivity contribution in [1.29, 1.82) is 0 Å². The molecule has 1 aliphatic heterocycles. The zero-order valence-corrected chi connectivity index (χ0v) is 17.1. The van der Waals surface area contributed by atoms with Crippen LogP contribution in [-0.4, -0.2) is 41.2 Å². The lowest BCUT2D eigenvalue weighted by Crippen LogP contribution is -2.54. The van der Waals surface area contributed by atoms with Gasteiger partial charge in [0.05, 0.1) is 5.69 Å². The highest BCUT2D eigenvalue weighted by atomic mass is 16.2. The molecule has 4 rings (SSSR count). The van der Waals surface area contributed by atoms with Gasteiger partial charge in [0.25, 0.3) is 5.56 Å². The molecular formula is C23H26N4O2. The molecule has 1 N–H and O–H groups in total. The van der Waals surface area contributed by atoms with Gasteiger partial charge in [-0.25, -0.2) is 4.79 Å². The Morgan fingerprint density at radius 1 is 1.03 bits per heavy atom. The van der Waals surface area contributed by atoms with E-state index in [2.05, 4.69) is 48.3 Å². The zero-order chi connectivity index (χ0) is 20.5. The van der Waals surface area contributed by atoms with E-state index < -0.39 is 0 Å². The Balaban J connectivity index is 1.51. The molecule has 1 saturated heterocycles. The summed E-state index contributed by atoms with van der Waals surface area (Å²) in [4.78, 5) is 29.5. The second kappa shape index (κ2) is 7.62. The summed E-state index contributed by atoms with van der Waals surface area (Å²) in [5.74, 6) is 0. The Morgan fingerprint density at radius 2 is 1.72 bits per heavy atom. The highest BCUT2D eigenvalue weighted by molar-refractivity contribution is 6.01. The van der Waals surface area contributed by atoms with Crippen LogP contribution in [0, 0.1) is 6.92 Å². The van der Waals surface area contributed by atoms with E-state index in [4.69, 9.17) is 0 Å². The van der Waals surface area contributed by atoms with Gasteiger partial charge < -0.3 is 19.7 Å². The molecule has 29 heavy (non-hydrogen) atoms. The third kappa shape index (κ3) is 3.70. The molecule has 150 valence electrons. The number of carbonyl (C=O) groups is 1. The summed E-state index contributed by atoms with van der Waals surface area (Å²) in [6, 6.07) is 16.0. The summed E-state index contributed by atoms with van der Waals surface area (Å²) >= 11 is 0. The van der Waals surface area contributed by atoms with E-state index in [0.29, 0.717) is 24.2 Å². The maximum Gasteiger partial charge on any atom is 0.322 e. The lowest BCUT2D eigenvalue weighted by molar-refractivity contribution is 0.200. The predicted octanol–water partition coefficient (Wildman–Crippen LogP) is 3.59. The molecule has 0 spiro atoms. The largest absolute Gasteiger partial charge is 0.365 e. The van der Waals surface area contributed by atoms with Crippen LogP contribution in [0.1, 0.15) is 12.5 Å². The first-order chi connectivity index (χ1) is 13.9. The highest BCUT2D eigenvalue weighted by Gasteiger charge is 2.27. The van der Waals surface area contributed by atoms with Crippen LogP contribution in [0.15, 0.2) is 59.5 Å². The Labute approximate surface area is 170 Å². The van der Waals surface area contributed by atoms with Crippen LogP contribution in [0.2, 0.25) is 0 Å². The van der Waals surface area contributed by atoms with Gasteiger partial charge in [0.15, 0.2) is 0 Å². The number of hydrogen-bond acceptors (Lipinski definition) is 3. The predicted molar refractivity (Wildman–Crippen MR) is 118 cm³/mol. The topological polar surface area (TPSA) is 57.6 Å². The number of hydrogen-bond donors (Lipinski definition) is 1. The van der Waals surface area contributed by atoms with Gasteiger partial charge in [-0.1, -0.05) is 35.9 Å². The van der Waals surface area contributed by atoms with Gasteiger partial charge in [0.1, 0.15) is 0 Å². The van der Waals surface area contributed by atoms with E-state index in [9.17, 15) is 9.59 Å². The second-order valence-corrected chi connectivity index (χ2v) is 7.76. The van der Waals surface area contributed by atoms with Crippen LogP contribution in [0.3, 0.4) is 0 Å². The molecule has 3 aromatic rings. The summed E-state index contributed by atoms with van der Waals surface area (Å²) in [6.07, 6.45) is 1.69. The third-order valence-electron chi connectivity index (χ3n) is 5.61. The molecule has 0 unspecified atom stereocenters. The number of fused-ring (bicyclic) bond motifs is 1. The minimum absolute atomic E-state index is 0.0704. The maximum absolute atomic E-state index is 12.9. The molecule has 2 aromatic carbocycles. The van der Waals surface area contributed by atoms with Crippen molar-refractivity contribution in [1.82, 2.24) is 9.47 Å². The minimum atomic E-state index is -0.135. The third-order valence-corrected chi connectivity index (χ3v) is 5.61. The SMILES string of the molecule is Cc1ccc(N2CCN(C(=O)Nc3cn(C)c(=O)c4ccccc34)C[C@@H]2C)cc1. The van der Waals surface area contributed by atoms with Crippen molar-refractivity contribution in [2.24, 2.45) is 7.05 Å². The van der Waals surface area contributed by atoms with E-state index in [1.165, 1.54) is 15.8 Å². The van der Waals surface area contributed by atoms with Crippen molar-refractivity contribution in [3.63, 3.8) is 0 Å². The van der Waals surface area contributed by atoms with Crippen molar-refractivity contribution in [3.8, 4) is 0 Å². The molecule has 1 aromatic heterocycles. The number of pyridine rings is 1. The zero-order valence-electron chi connectivity index (χ0n) is 17.1. The molecule has 1 aliphatic rings. The second-order valence-electron chi connectivity index (χ2n) is 7.76. The van der Waals surface area contributed by atoms with Crippen LogP contribution in [0.5, 0.6) is 0 Å². The summed E-state index contributed by atoms with van der Waals surface area (Å²) in [5.41, 5.74) is 3.01. The minimum Gasteiger partial charge on any atom is -0.365 e. The molecule has 2 amide bonds. The number of aromatic nitrogens is 1. The molecule has 0 radical (unpaired) electrons. The molecule has 1 fully saturated rings. The molecule has 0 aliphatic carbocycles. The Morgan fingerprint density at radius 3 is 2.41 bits per heavy atom. The Kier molecular flexibility index (Phi) is 5.01. The number of benzene rings is 2. The quantitative estimate of drug-likeness (QED) is 0.728. The van der Waals surface area contributed by atoms with Crippen LogP contribution in [0.25, 0.3) is 10.8 Å². The van der Waals surface area contributed by atoms with Gasteiger partial charge in [0, 0.05) is 55.4 Å². The normalized spacial score (nSPS) is 16.9. The van der Waals surface area contributed by atoms with Crippen molar-refractivity contribution in [2.45, 2.75) is 19.9 Å². The smallest absolute Gasteiger partial charge is 0.322 e. The molecule has 1 atom stereocenters. The summed E-state index contributed by atoms with van der Waals surface area (Å²) < 4.78 is 1.51. The number of carbonyl (C=O) groups excluding carboxylic acids is 1.